The van der Waals surface area contributed by atoms with Gasteiger partial charge in [-0.25, -0.2) is 4.98 Å². The number of aryl methyl sites for hydroxylation is 1. The standard InChI is InChI=1S/C28H26N4O2/c1-5-34-26-14-19(4)24(15-23(26)18(2)3)27-31-25-9-7-6-8-22(25)28(33)32(27)30-17-21-12-10-20(16-29)11-13-21/h6-15,17-18H,5H2,1-4H3. The summed E-state index contributed by atoms with van der Waals surface area (Å²) in [6.45, 7) is 8.75. The van der Waals surface area contributed by atoms with Crippen molar-refractivity contribution >= 4 is 17.1 Å². The van der Waals surface area contributed by atoms with E-state index in [0.717, 1.165) is 28.0 Å². The number of hydrogen-bond donors (Lipinski definition) is 0. The average Bonchev–Trinajstić information content (AvgIpc) is 2.84. The van der Waals surface area contributed by atoms with E-state index in [-0.39, 0.29) is 11.5 Å². The molecule has 4 aromatic rings. The highest BCUT2D eigenvalue weighted by molar-refractivity contribution is 5.82. The van der Waals surface area contributed by atoms with Crippen LogP contribution in [0.2, 0.25) is 0 Å². The van der Waals surface area contributed by atoms with E-state index in [2.05, 4.69) is 31.1 Å². The summed E-state index contributed by atoms with van der Waals surface area (Å²) in [6, 6.07) is 20.5. The molecular formula is C28H26N4O2. The third-order valence-electron chi connectivity index (χ3n) is 5.64. The Kier molecular flexibility index (Phi) is 6.55. The minimum atomic E-state index is -0.245. The first-order chi connectivity index (χ1) is 16.4. The van der Waals surface area contributed by atoms with Crippen LogP contribution in [0.25, 0.3) is 22.3 Å². The van der Waals surface area contributed by atoms with Crippen LogP contribution in [0.5, 0.6) is 5.75 Å². The molecule has 0 aliphatic rings. The van der Waals surface area contributed by atoms with Crippen molar-refractivity contribution in [2.45, 2.75) is 33.6 Å². The van der Waals surface area contributed by atoms with Gasteiger partial charge in [0.2, 0.25) is 0 Å². The van der Waals surface area contributed by atoms with Gasteiger partial charge in [0.1, 0.15) is 5.75 Å². The van der Waals surface area contributed by atoms with Gasteiger partial charge >= 0.3 is 0 Å². The molecule has 1 aromatic heterocycles. The Morgan fingerprint density at radius 2 is 1.88 bits per heavy atom. The molecule has 0 radical (unpaired) electrons. The summed E-state index contributed by atoms with van der Waals surface area (Å²) in [5, 5.41) is 14.1. The summed E-state index contributed by atoms with van der Waals surface area (Å²) in [6.07, 6.45) is 1.61. The van der Waals surface area contributed by atoms with Crippen LogP contribution < -0.4 is 10.3 Å². The molecule has 4 rings (SSSR count). The van der Waals surface area contributed by atoms with E-state index in [1.165, 1.54) is 4.68 Å². The van der Waals surface area contributed by atoms with Crippen molar-refractivity contribution in [3.05, 3.63) is 93.3 Å². The summed E-state index contributed by atoms with van der Waals surface area (Å²) in [4.78, 5) is 18.3. The van der Waals surface area contributed by atoms with Gasteiger partial charge in [-0.1, -0.05) is 38.1 Å². The maximum Gasteiger partial charge on any atom is 0.282 e. The lowest BCUT2D eigenvalue weighted by atomic mass is 9.96. The maximum atomic E-state index is 13.5. The largest absolute Gasteiger partial charge is 0.494 e. The Hall–Kier alpha value is -4.24. The van der Waals surface area contributed by atoms with Crippen LogP contribution in [0.3, 0.4) is 0 Å². The second-order valence-electron chi connectivity index (χ2n) is 8.34. The normalized spacial score (nSPS) is 11.3. The lowest BCUT2D eigenvalue weighted by molar-refractivity contribution is 0.335. The molecule has 0 amide bonds. The van der Waals surface area contributed by atoms with Crippen molar-refractivity contribution in [1.29, 1.82) is 5.26 Å². The highest BCUT2D eigenvalue weighted by Gasteiger charge is 2.18. The first-order valence-corrected chi connectivity index (χ1v) is 11.3. The molecule has 6 nitrogen and oxygen atoms in total. The highest BCUT2D eigenvalue weighted by atomic mass is 16.5. The van der Waals surface area contributed by atoms with Crippen molar-refractivity contribution in [3.63, 3.8) is 0 Å². The number of para-hydroxylation sites is 1. The Morgan fingerprint density at radius 1 is 1.15 bits per heavy atom. The van der Waals surface area contributed by atoms with Crippen LogP contribution >= 0.6 is 0 Å². The number of ether oxygens (including phenoxy) is 1. The minimum Gasteiger partial charge on any atom is -0.494 e. The van der Waals surface area contributed by atoms with Crippen LogP contribution in [-0.2, 0) is 0 Å². The van der Waals surface area contributed by atoms with Crippen LogP contribution in [-0.4, -0.2) is 22.5 Å². The van der Waals surface area contributed by atoms with Crippen molar-refractivity contribution < 1.29 is 4.74 Å². The second-order valence-corrected chi connectivity index (χ2v) is 8.34. The van der Waals surface area contributed by atoms with Crippen LogP contribution in [0.15, 0.2) is 70.6 Å². The Balaban J connectivity index is 1.95. The van der Waals surface area contributed by atoms with Gasteiger partial charge in [0, 0.05) is 5.56 Å². The lowest BCUT2D eigenvalue weighted by Gasteiger charge is -2.18. The molecule has 170 valence electrons. The summed E-state index contributed by atoms with van der Waals surface area (Å²) < 4.78 is 7.23. The molecule has 0 atom stereocenters. The van der Waals surface area contributed by atoms with Crippen LogP contribution in [0.1, 0.15) is 48.9 Å². The molecule has 0 spiro atoms. The van der Waals surface area contributed by atoms with Gasteiger partial charge in [0.15, 0.2) is 5.82 Å². The predicted octanol–water partition coefficient (Wildman–Crippen LogP) is 5.65. The monoisotopic (exact) mass is 450 g/mol. The van der Waals surface area contributed by atoms with E-state index in [1.54, 1.807) is 36.5 Å². The Labute approximate surface area is 198 Å². The van der Waals surface area contributed by atoms with Crippen molar-refractivity contribution in [1.82, 2.24) is 9.66 Å². The molecule has 0 aliphatic heterocycles. The van der Waals surface area contributed by atoms with E-state index >= 15 is 0 Å². The predicted molar refractivity (Wildman–Crippen MR) is 136 cm³/mol. The molecule has 0 saturated carbocycles. The maximum absolute atomic E-state index is 13.5. The molecule has 34 heavy (non-hydrogen) atoms. The molecule has 0 unspecified atom stereocenters. The summed E-state index contributed by atoms with van der Waals surface area (Å²) in [7, 11) is 0. The first kappa shape index (κ1) is 22.9. The zero-order valence-electron chi connectivity index (χ0n) is 19.7. The number of nitriles is 1. The molecule has 6 heteroatoms. The van der Waals surface area contributed by atoms with Gasteiger partial charge in [-0.2, -0.15) is 15.0 Å². The van der Waals surface area contributed by atoms with Crippen molar-refractivity contribution in [3.8, 4) is 23.2 Å². The molecule has 0 saturated heterocycles. The molecule has 1 heterocycles. The summed E-state index contributed by atoms with van der Waals surface area (Å²) in [5.74, 6) is 1.54. The van der Waals surface area contributed by atoms with E-state index < -0.39 is 0 Å². The van der Waals surface area contributed by atoms with Gasteiger partial charge in [-0.05, 0) is 72.9 Å². The van der Waals surface area contributed by atoms with Gasteiger partial charge in [0.05, 0.1) is 35.4 Å². The molecule has 0 fully saturated rings. The topological polar surface area (TPSA) is 80.3 Å². The third-order valence-corrected chi connectivity index (χ3v) is 5.64. The van der Waals surface area contributed by atoms with Gasteiger partial charge in [-0.15, -0.1) is 0 Å². The quantitative estimate of drug-likeness (QED) is 0.356. The van der Waals surface area contributed by atoms with E-state index in [4.69, 9.17) is 15.0 Å². The average molecular weight is 451 g/mol. The van der Waals surface area contributed by atoms with Crippen molar-refractivity contribution in [2.75, 3.05) is 6.61 Å². The number of aromatic nitrogens is 2. The molecular weight excluding hydrogens is 424 g/mol. The van der Waals surface area contributed by atoms with Gasteiger partial charge < -0.3 is 4.74 Å². The highest BCUT2D eigenvalue weighted by Crippen LogP contribution is 2.34. The zero-order valence-corrected chi connectivity index (χ0v) is 19.7. The first-order valence-electron chi connectivity index (χ1n) is 11.3. The van der Waals surface area contributed by atoms with E-state index in [0.29, 0.717) is 28.9 Å². The third kappa shape index (κ3) is 4.46. The Bertz CT molecular complexity index is 1480. The number of fused-ring (bicyclic) bond motifs is 1. The molecule has 0 bridgehead atoms. The Morgan fingerprint density at radius 3 is 2.56 bits per heavy atom. The number of benzene rings is 3. The molecule has 0 aliphatic carbocycles. The lowest BCUT2D eigenvalue weighted by Crippen LogP contribution is -2.20. The minimum absolute atomic E-state index is 0.226. The summed E-state index contributed by atoms with van der Waals surface area (Å²) in [5.41, 5.74) is 4.53. The second kappa shape index (κ2) is 9.72. The van der Waals surface area contributed by atoms with Gasteiger partial charge in [-0.3, -0.25) is 4.79 Å². The van der Waals surface area contributed by atoms with Crippen molar-refractivity contribution in [2.24, 2.45) is 5.10 Å². The van der Waals surface area contributed by atoms with Crippen LogP contribution in [0.4, 0.5) is 0 Å². The molecule has 3 aromatic carbocycles. The van der Waals surface area contributed by atoms with Gasteiger partial charge in [0.25, 0.3) is 5.56 Å². The SMILES string of the molecule is CCOc1cc(C)c(-c2nc3ccccc3c(=O)n2N=Cc2ccc(C#N)cc2)cc1C(C)C. The number of hydrogen-bond acceptors (Lipinski definition) is 5. The summed E-state index contributed by atoms with van der Waals surface area (Å²) >= 11 is 0. The number of nitrogens with zero attached hydrogens (tertiary/aromatic N) is 4. The fourth-order valence-corrected chi connectivity index (χ4v) is 3.84. The van der Waals surface area contributed by atoms with E-state index in [1.807, 2.05) is 38.1 Å². The smallest absolute Gasteiger partial charge is 0.282 e. The fraction of sp³-hybridized carbons (Fsp3) is 0.214. The molecule has 0 N–H and O–H groups in total. The fourth-order valence-electron chi connectivity index (χ4n) is 3.84. The zero-order chi connectivity index (χ0) is 24.2. The number of rotatable bonds is 6. The van der Waals surface area contributed by atoms with Crippen LogP contribution in [0, 0.1) is 18.3 Å². The van der Waals surface area contributed by atoms with E-state index in [9.17, 15) is 4.79 Å².